The molecule has 3 fully saturated rings. The van der Waals surface area contributed by atoms with Gasteiger partial charge in [0.25, 0.3) is 0 Å². The number of ether oxygens (including phenoxy) is 2. The molecule has 1 spiro atoms. The molecule has 2 aliphatic heterocycles. The summed E-state index contributed by atoms with van der Waals surface area (Å²) in [4.78, 5) is 6.74. The second-order valence-electron chi connectivity index (χ2n) is 11.0. The number of aliphatic hydroxyl groups is 1. The van der Waals surface area contributed by atoms with Crippen LogP contribution in [0.1, 0.15) is 48.8 Å². The number of aliphatic imine (C=N–C) groups is 1. The van der Waals surface area contributed by atoms with Gasteiger partial charge in [0.15, 0.2) is 11.5 Å². The highest BCUT2D eigenvalue weighted by atomic mass is 32.1. The van der Waals surface area contributed by atoms with Crippen molar-refractivity contribution < 1.29 is 19.7 Å². The van der Waals surface area contributed by atoms with Gasteiger partial charge in [-0.3, -0.25) is 4.90 Å². The molecule has 2 aromatic carbocycles. The van der Waals surface area contributed by atoms with Crippen molar-refractivity contribution in [2.24, 2.45) is 10.9 Å². The fourth-order valence-corrected chi connectivity index (χ4v) is 7.69. The summed E-state index contributed by atoms with van der Waals surface area (Å²) in [5.74, 6) is 1.49. The van der Waals surface area contributed by atoms with Crippen LogP contribution in [0.25, 0.3) is 0 Å². The minimum Gasteiger partial charge on any atom is -0.504 e. The number of hydrogen-bond acceptors (Lipinski definition) is 7. The summed E-state index contributed by atoms with van der Waals surface area (Å²) in [5.41, 5.74) is 2.49. The van der Waals surface area contributed by atoms with Crippen LogP contribution in [0.15, 0.2) is 41.4 Å². The van der Waals surface area contributed by atoms with E-state index in [2.05, 4.69) is 15.1 Å². The summed E-state index contributed by atoms with van der Waals surface area (Å²) in [6.07, 6.45) is 5.06. The van der Waals surface area contributed by atoms with E-state index >= 15 is 0 Å². The molecule has 7 heteroatoms. The van der Waals surface area contributed by atoms with Crippen molar-refractivity contribution in [2.45, 2.75) is 74.4 Å². The molecule has 2 heterocycles. The predicted molar refractivity (Wildman–Crippen MR) is 134 cm³/mol. The van der Waals surface area contributed by atoms with Gasteiger partial charge in [0.1, 0.15) is 6.10 Å². The molecule has 2 aromatic rings. The number of piperidine rings is 1. The van der Waals surface area contributed by atoms with E-state index in [0.717, 1.165) is 48.7 Å². The van der Waals surface area contributed by atoms with Crippen LogP contribution in [0, 0.1) is 5.92 Å². The number of aromatic hydroxyl groups is 1. The lowest BCUT2D eigenvalue weighted by atomic mass is 9.48. The molecule has 7 rings (SSSR count). The van der Waals surface area contributed by atoms with Gasteiger partial charge in [-0.2, -0.15) is 4.99 Å². The summed E-state index contributed by atoms with van der Waals surface area (Å²) < 4.78 is 13.1. The van der Waals surface area contributed by atoms with E-state index in [-0.39, 0.29) is 24.0 Å². The average Bonchev–Trinajstić information content (AvgIpc) is 3.60. The van der Waals surface area contributed by atoms with E-state index in [0.29, 0.717) is 25.2 Å². The third kappa shape index (κ3) is 3.06. The van der Waals surface area contributed by atoms with Gasteiger partial charge >= 0.3 is 0 Å². The highest BCUT2D eigenvalue weighted by molar-refractivity contribution is 7.78. The van der Waals surface area contributed by atoms with Crippen LogP contribution >= 0.6 is 12.2 Å². The van der Waals surface area contributed by atoms with Gasteiger partial charge in [-0.25, -0.2) is 0 Å². The Morgan fingerprint density at radius 1 is 1.17 bits per heavy atom. The SMILES string of the molecule is Oc1ccc2c3c1O[C@@H]1[C@H](OCc4ccccc4N=C=S)CC[C@]4(O)[C@H](C2)N(CC2CC2)CC[C@@]314. The molecule has 0 radical (unpaired) electrons. The average molecular weight is 491 g/mol. The van der Waals surface area contributed by atoms with Crippen molar-refractivity contribution in [3.05, 3.63) is 53.1 Å². The molecule has 3 aliphatic carbocycles. The first-order valence-electron chi connectivity index (χ1n) is 12.8. The first-order valence-corrected chi connectivity index (χ1v) is 13.2. The molecule has 6 nitrogen and oxygen atoms in total. The standard InChI is InChI=1S/C28H30N2O4S/c31-21-8-7-18-13-23-28(32)10-9-22(33-15-19-3-1-2-4-20(19)29-16-35)26-27(28,24(18)25(21)34-26)11-12-30(23)14-17-5-6-17/h1-4,7-8,17,22-23,26,31-32H,5-6,9-15H2/t22-,23+,26-,27-,28+/m1/s1. The number of nitrogens with zero attached hydrogens (tertiary/aromatic N) is 2. The summed E-state index contributed by atoms with van der Waals surface area (Å²) in [5, 5.41) is 25.8. The van der Waals surface area contributed by atoms with Crippen LogP contribution in [0.3, 0.4) is 0 Å². The molecule has 0 amide bonds. The molecular formula is C28H30N2O4S. The Labute approximate surface area is 210 Å². The van der Waals surface area contributed by atoms with E-state index in [1.807, 2.05) is 30.3 Å². The quantitative estimate of drug-likeness (QED) is 0.465. The lowest BCUT2D eigenvalue weighted by Gasteiger charge is -2.64. The number of hydrogen-bond donors (Lipinski definition) is 2. The summed E-state index contributed by atoms with van der Waals surface area (Å²) in [6.45, 7) is 2.39. The van der Waals surface area contributed by atoms with Gasteiger partial charge in [-0.15, -0.1) is 0 Å². The summed E-state index contributed by atoms with van der Waals surface area (Å²) in [6, 6.07) is 11.7. The fourth-order valence-electron chi connectivity index (χ4n) is 7.59. The number of phenolic OH excluding ortho intramolecular Hbond substituents is 1. The van der Waals surface area contributed by atoms with Gasteiger partial charge in [0.2, 0.25) is 0 Å². The smallest absolute Gasteiger partial charge is 0.165 e. The van der Waals surface area contributed by atoms with E-state index < -0.39 is 11.0 Å². The number of phenols is 1. The fraction of sp³-hybridized carbons (Fsp3) is 0.536. The predicted octanol–water partition coefficient (Wildman–Crippen LogP) is 4.28. The first kappa shape index (κ1) is 22.0. The Hall–Kier alpha value is -2.28. The normalized spacial score (nSPS) is 34.6. The molecule has 0 unspecified atom stereocenters. The van der Waals surface area contributed by atoms with E-state index in [4.69, 9.17) is 21.7 Å². The third-order valence-electron chi connectivity index (χ3n) is 9.32. The van der Waals surface area contributed by atoms with Crippen LogP contribution in [0.4, 0.5) is 5.69 Å². The highest BCUT2D eigenvalue weighted by Gasteiger charge is 2.73. The van der Waals surface area contributed by atoms with Gasteiger partial charge < -0.3 is 19.7 Å². The zero-order valence-electron chi connectivity index (χ0n) is 19.7. The Morgan fingerprint density at radius 2 is 2.03 bits per heavy atom. The Kier molecular flexibility index (Phi) is 4.93. The number of likely N-dealkylation sites (tertiary alicyclic amines) is 1. The molecule has 5 aliphatic rings. The Balaban J connectivity index is 1.26. The zero-order chi connectivity index (χ0) is 23.8. The molecule has 182 valence electrons. The van der Waals surface area contributed by atoms with E-state index in [1.165, 1.54) is 18.4 Å². The van der Waals surface area contributed by atoms with Crippen LogP contribution < -0.4 is 4.74 Å². The minimum absolute atomic E-state index is 0.0737. The summed E-state index contributed by atoms with van der Waals surface area (Å²) >= 11 is 4.81. The van der Waals surface area contributed by atoms with Gasteiger partial charge in [-0.1, -0.05) is 24.3 Å². The van der Waals surface area contributed by atoms with E-state index in [9.17, 15) is 10.2 Å². The zero-order valence-corrected chi connectivity index (χ0v) is 20.5. The van der Waals surface area contributed by atoms with E-state index in [1.54, 1.807) is 6.07 Å². The van der Waals surface area contributed by atoms with Crippen molar-refractivity contribution in [1.82, 2.24) is 4.90 Å². The number of para-hydroxylation sites is 1. The topological polar surface area (TPSA) is 74.5 Å². The maximum absolute atomic E-state index is 12.5. The lowest BCUT2D eigenvalue weighted by Crippen LogP contribution is -2.77. The lowest BCUT2D eigenvalue weighted by molar-refractivity contribution is -0.217. The molecule has 1 saturated heterocycles. The maximum Gasteiger partial charge on any atom is 0.165 e. The second kappa shape index (κ2) is 7.86. The Bertz CT molecular complexity index is 1240. The Morgan fingerprint density at radius 3 is 2.86 bits per heavy atom. The van der Waals surface area contributed by atoms with Crippen molar-refractivity contribution >= 4 is 23.1 Å². The number of thiocarbonyl (C=S) groups is 1. The van der Waals surface area contributed by atoms with Crippen molar-refractivity contribution in [3.8, 4) is 11.5 Å². The summed E-state index contributed by atoms with van der Waals surface area (Å²) in [7, 11) is 0. The van der Waals surface area contributed by atoms with Crippen LogP contribution in [0.2, 0.25) is 0 Å². The first-order chi connectivity index (χ1) is 17.0. The number of rotatable bonds is 6. The molecule has 0 aromatic heterocycles. The monoisotopic (exact) mass is 490 g/mol. The van der Waals surface area contributed by atoms with Crippen molar-refractivity contribution in [1.29, 1.82) is 0 Å². The van der Waals surface area contributed by atoms with Gasteiger partial charge in [0, 0.05) is 23.7 Å². The van der Waals surface area contributed by atoms with Crippen LogP contribution in [-0.4, -0.2) is 57.2 Å². The molecule has 2 bridgehead atoms. The highest BCUT2D eigenvalue weighted by Crippen LogP contribution is 2.65. The third-order valence-corrected chi connectivity index (χ3v) is 9.41. The molecule has 35 heavy (non-hydrogen) atoms. The number of isothiocyanates is 1. The minimum atomic E-state index is -0.893. The molecule has 5 atom stereocenters. The second-order valence-corrected chi connectivity index (χ2v) is 11.2. The van der Waals surface area contributed by atoms with Gasteiger partial charge in [0.05, 0.1) is 34.6 Å². The molecular weight excluding hydrogens is 460 g/mol. The molecule has 2 saturated carbocycles. The van der Waals surface area contributed by atoms with Crippen LogP contribution in [-0.2, 0) is 23.2 Å². The largest absolute Gasteiger partial charge is 0.504 e. The van der Waals surface area contributed by atoms with Crippen LogP contribution in [0.5, 0.6) is 11.5 Å². The maximum atomic E-state index is 12.5. The molecule has 2 N–H and O–H groups in total. The van der Waals surface area contributed by atoms with Crippen molar-refractivity contribution in [2.75, 3.05) is 13.1 Å². The van der Waals surface area contributed by atoms with Crippen molar-refractivity contribution in [3.63, 3.8) is 0 Å². The number of benzene rings is 2. The van der Waals surface area contributed by atoms with Gasteiger partial charge in [-0.05, 0) is 80.9 Å².